The molecule has 1 rings (SSSR count). The molecule has 1 aromatic carbocycles. The molecule has 0 aliphatic rings. The molecule has 5 heteroatoms. The summed E-state index contributed by atoms with van der Waals surface area (Å²) < 4.78 is 0. The molecule has 0 amide bonds. The van der Waals surface area contributed by atoms with E-state index in [4.69, 9.17) is 17.4 Å². The van der Waals surface area contributed by atoms with Crippen molar-refractivity contribution >= 4 is 17.2 Å². The first kappa shape index (κ1) is 9.34. The normalized spacial score (nSPS) is 9.69. The minimum atomic E-state index is -0.109. The van der Waals surface area contributed by atoms with Gasteiger partial charge in [0.05, 0.1) is 11.4 Å². The zero-order valence-electron chi connectivity index (χ0n) is 7.20. The lowest BCUT2D eigenvalue weighted by Gasteiger charge is -2.07. The van der Waals surface area contributed by atoms with Crippen LogP contribution in [0.2, 0.25) is 0 Å². The first-order chi connectivity index (χ1) is 6.06. The molecule has 0 atom stereocenters. The molecule has 0 spiro atoms. The van der Waals surface area contributed by atoms with E-state index in [9.17, 15) is 4.79 Å². The number of hydrogen-bond donors (Lipinski definition) is 3. The Labute approximate surface area is 75.4 Å². The van der Waals surface area contributed by atoms with Crippen LogP contribution in [0.4, 0.5) is 11.4 Å². The van der Waals surface area contributed by atoms with Gasteiger partial charge in [-0.15, -0.1) is 0 Å². The molecule has 1 aromatic rings. The zero-order valence-corrected chi connectivity index (χ0v) is 7.20. The van der Waals surface area contributed by atoms with E-state index in [0.29, 0.717) is 5.56 Å². The topological polar surface area (TPSA) is 104 Å². The van der Waals surface area contributed by atoms with Gasteiger partial charge in [0.2, 0.25) is 0 Å². The molecule has 0 saturated carbocycles. The number of hydrogen-bond acceptors (Lipinski definition) is 5. The molecular weight excluding hydrogens is 170 g/mol. The Morgan fingerprint density at radius 1 is 1.31 bits per heavy atom. The Morgan fingerprint density at radius 3 is 2.08 bits per heavy atom. The monoisotopic (exact) mass is 181 g/mol. The third-order valence-electron chi connectivity index (χ3n) is 1.67. The SMILES string of the molecule is CC(=O)c1cc(N)c(ON)c(N)c1. The van der Waals surface area contributed by atoms with Gasteiger partial charge < -0.3 is 16.3 Å². The van der Waals surface area contributed by atoms with Gasteiger partial charge in [-0.1, -0.05) is 0 Å². The summed E-state index contributed by atoms with van der Waals surface area (Å²) >= 11 is 0. The van der Waals surface area contributed by atoms with Crippen molar-refractivity contribution in [2.75, 3.05) is 11.5 Å². The van der Waals surface area contributed by atoms with Gasteiger partial charge in [-0.25, -0.2) is 0 Å². The summed E-state index contributed by atoms with van der Waals surface area (Å²) in [7, 11) is 0. The van der Waals surface area contributed by atoms with Crippen LogP contribution in [0.1, 0.15) is 17.3 Å². The molecule has 0 bridgehead atoms. The van der Waals surface area contributed by atoms with Crippen LogP contribution in [0.25, 0.3) is 0 Å². The molecule has 5 nitrogen and oxygen atoms in total. The summed E-state index contributed by atoms with van der Waals surface area (Å²) in [6.07, 6.45) is 0. The highest BCUT2D eigenvalue weighted by atomic mass is 16.6. The predicted octanol–water partition coefficient (Wildman–Crippen LogP) is 0.306. The van der Waals surface area contributed by atoms with Crippen LogP contribution < -0.4 is 22.2 Å². The maximum Gasteiger partial charge on any atom is 0.192 e. The van der Waals surface area contributed by atoms with Crippen LogP contribution in [0.3, 0.4) is 0 Å². The van der Waals surface area contributed by atoms with E-state index in [-0.39, 0.29) is 22.9 Å². The number of anilines is 2. The molecule has 6 N–H and O–H groups in total. The van der Waals surface area contributed by atoms with Gasteiger partial charge in [0.15, 0.2) is 11.5 Å². The fraction of sp³-hybridized carbons (Fsp3) is 0.125. The molecule has 0 heterocycles. The maximum absolute atomic E-state index is 11.0. The van der Waals surface area contributed by atoms with E-state index in [2.05, 4.69) is 4.84 Å². The van der Waals surface area contributed by atoms with Gasteiger partial charge in [0.25, 0.3) is 0 Å². The lowest BCUT2D eigenvalue weighted by atomic mass is 10.1. The Hall–Kier alpha value is -1.75. The predicted molar refractivity (Wildman–Crippen MR) is 50.1 cm³/mol. The fourth-order valence-electron chi connectivity index (χ4n) is 1.01. The molecular formula is C8H11N3O2. The van der Waals surface area contributed by atoms with Crippen LogP contribution >= 0.6 is 0 Å². The van der Waals surface area contributed by atoms with Gasteiger partial charge in [-0.2, -0.15) is 5.90 Å². The van der Waals surface area contributed by atoms with E-state index in [1.807, 2.05) is 0 Å². The lowest BCUT2D eigenvalue weighted by molar-refractivity contribution is 0.101. The molecule has 0 radical (unpaired) electrons. The van der Waals surface area contributed by atoms with Crippen molar-refractivity contribution < 1.29 is 9.63 Å². The molecule has 0 unspecified atom stereocenters. The van der Waals surface area contributed by atoms with Crippen molar-refractivity contribution in [2.45, 2.75) is 6.92 Å². The minimum Gasteiger partial charge on any atom is -0.407 e. The van der Waals surface area contributed by atoms with Crippen LogP contribution in [0.5, 0.6) is 5.75 Å². The van der Waals surface area contributed by atoms with Crippen LogP contribution in [-0.4, -0.2) is 5.78 Å². The Balaban J connectivity index is 3.28. The van der Waals surface area contributed by atoms with E-state index in [0.717, 1.165) is 0 Å². The Morgan fingerprint density at radius 2 is 1.77 bits per heavy atom. The highest BCUT2D eigenvalue weighted by molar-refractivity contribution is 5.97. The summed E-state index contributed by atoms with van der Waals surface area (Å²) in [4.78, 5) is 15.4. The van der Waals surface area contributed by atoms with Crippen molar-refractivity contribution in [3.05, 3.63) is 17.7 Å². The number of carbonyl (C=O) groups excluding carboxylic acids is 1. The first-order valence-corrected chi connectivity index (χ1v) is 3.63. The third kappa shape index (κ3) is 1.70. The quantitative estimate of drug-likeness (QED) is 0.346. The van der Waals surface area contributed by atoms with Crippen molar-refractivity contribution in [2.24, 2.45) is 5.90 Å². The third-order valence-corrected chi connectivity index (χ3v) is 1.67. The second-order valence-corrected chi connectivity index (χ2v) is 2.66. The van der Waals surface area contributed by atoms with E-state index < -0.39 is 0 Å². The van der Waals surface area contributed by atoms with E-state index in [1.165, 1.54) is 19.1 Å². The summed E-state index contributed by atoms with van der Waals surface area (Å²) in [6.45, 7) is 1.43. The van der Waals surface area contributed by atoms with Crippen LogP contribution in [0.15, 0.2) is 12.1 Å². The van der Waals surface area contributed by atoms with Crippen molar-refractivity contribution in [1.82, 2.24) is 0 Å². The Kier molecular flexibility index (Phi) is 2.39. The van der Waals surface area contributed by atoms with Crippen molar-refractivity contribution in [3.63, 3.8) is 0 Å². The highest BCUT2D eigenvalue weighted by Crippen LogP contribution is 2.29. The van der Waals surface area contributed by atoms with Crippen molar-refractivity contribution in [3.8, 4) is 5.75 Å². The largest absolute Gasteiger partial charge is 0.407 e. The summed E-state index contributed by atoms with van der Waals surface area (Å²) in [6, 6.07) is 2.95. The fourth-order valence-corrected chi connectivity index (χ4v) is 1.01. The van der Waals surface area contributed by atoms with Crippen LogP contribution in [-0.2, 0) is 0 Å². The number of rotatable bonds is 2. The van der Waals surface area contributed by atoms with E-state index >= 15 is 0 Å². The highest BCUT2D eigenvalue weighted by Gasteiger charge is 2.09. The first-order valence-electron chi connectivity index (χ1n) is 3.63. The smallest absolute Gasteiger partial charge is 0.192 e. The second-order valence-electron chi connectivity index (χ2n) is 2.66. The zero-order chi connectivity index (χ0) is 10.0. The molecule has 13 heavy (non-hydrogen) atoms. The van der Waals surface area contributed by atoms with E-state index in [1.54, 1.807) is 0 Å². The molecule has 70 valence electrons. The average Bonchev–Trinajstić information content (AvgIpc) is 2.03. The number of nitrogen functional groups attached to an aromatic ring is 2. The van der Waals surface area contributed by atoms with Gasteiger partial charge in [-0.05, 0) is 19.1 Å². The molecule has 0 saturated heterocycles. The van der Waals surface area contributed by atoms with Crippen LogP contribution in [0, 0.1) is 0 Å². The van der Waals surface area contributed by atoms with Crippen molar-refractivity contribution in [1.29, 1.82) is 0 Å². The second kappa shape index (κ2) is 3.32. The summed E-state index contributed by atoms with van der Waals surface area (Å²) in [5, 5.41) is 0. The van der Waals surface area contributed by atoms with Gasteiger partial charge >= 0.3 is 0 Å². The number of ketones is 1. The number of nitrogens with two attached hydrogens (primary N) is 3. The molecule has 0 aromatic heterocycles. The standard InChI is InChI=1S/C8H11N3O2/c1-4(12)5-2-6(9)8(13-11)7(10)3-5/h2-3H,9-11H2,1H3. The average molecular weight is 181 g/mol. The maximum atomic E-state index is 11.0. The summed E-state index contributed by atoms with van der Waals surface area (Å²) in [5.41, 5.74) is 12.0. The number of Topliss-reactive ketones (excluding diaryl/α,β-unsaturated/α-hetero) is 1. The summed E-state index contributed by atoms with van der Waals surface area (Å²) in [5.74, 6) is 5.02. The minimum absolute atomic E-state index is 0.109. The van der Waals surface area contributed by atoms with Gasteiger partial charge in [0, 0.05) is 5.56 Å². The number of benzene rings is 1. The molecule has 0 fully saturated rings. The number of carbonyl (C=O) groups is 1. The Bertz CT molecular complexity index is 326. The molecule has 0 aliphatic heterocycles. The lowest BCUT2D eigenvalue weighted by Crippen LogP contribution is -2.08. The molecule has 0 aliphatic carbocycles. The van der Waals surface area contributed by atoms with Gasteiger partial charge in [0.1, 0.15) is 0 Å². The van der Waals surface area contributed by atoms with Gasteiger partial charge in [-0.3, -0.25) is 4.79 Å².